The summed E-state index contributed by atoms with van der Waals surface area (Å²) < 4.78 is 5.33. The van der Waals surface area contributed by atoms with Crippen LogP contribution >= 0.6 is 0 Å². The SMILES string of the molecule is CCOCC(NC(=O)C(C)(C)C(N)=NO)C(C)C. The molecule has 0 aliphatic heterocycles. The van der Waals surface area contributed by atoms with Crippen LogP contribution in [0.15, 0.2) is 5.16 Å². The molecule has 0 aromatic carbocycles. The summed E-state index contributed by atoms with van der Waals surface area (Å²) in [7, 11) is 0. The maximum atomic E-state index is 12.1. The fraction of sp³-hybridized carbons (Fsp3) is 0.833. The Hall–Kier alpha value is -1.30. The lowest BCUT2D eigenvalue weighted by Gasteiger charge is -2.28. The van der Waals surface area contributed by atoms with Crippen molar-refractivity contribution in [2.45, 2.75) is 40.7 Å². The van der Waals surface area contributed by atoms with Crippen LogP contribution < -0.4 is 11.1 Å². The molecule has 0 radical (unpaired) electrons. The van der Waals surface area contributed by atoms with Crippen LogP contribution in [0.3, 0.4) is 0 Å². The zero-order valence-corrected chi connectivity index (χ0v) is 11.9. The van der Waals surface area contributed by atoms with Crippen molar-refractivity contribution in [3.05, 3.63) is 0 Å². The van der Waals surface area contributed by atoms with Crippen molar-refractivity contribution in [2.24, 2.45) is 22.2 Å². The number of nitrogens with two attached hydrogens (primary N) is 1. The Morgan fingerprint density at radius 1 is 1.50 bits per heavy atom. The van der Waals surface area contributed by atoms with E-state index in [2.05, 4.69) is 10.5 Å². The Kier molecular flexibility index (Phi) is 6.68. The molecule has 0 spiro atoms. The zero-order chi connectivity index (χ0) is 14.3. The topological polar surface area (TPSA) is 96.9 Å². The summed E-state index contributed by atoms with van der Waals surface area (Å²) in [5.74, 6) is -0.154. The van der Waals surface area contributed by atoms with E-state index in [0.717, 1.165) is 0 Å². The molecule has 0 rings (SSSR count). The van der Waals surface area contributed by atoms with E-state index in [4.69, 9.17) is 15.7 Å². The number of amidine groups is 1. The Bertz CT molecular complexity index is 301. The predicted octanol–water partition coefficient (Wildman–Crippen LogP) is 0.936. The Balaban J connectivity index is 4.69. The second-order valence-electron chi connectivity index (χ2n) is 5.09. The molecule has 0 aromatic heterocycles. The number of nitrogens with zero attached hydrogens (tertiary/aromatic N) is 1. The van der Waals surface area contributed by atoms with Crippen LogP contribution in [0.2, 0.25) is 0 Å². The third-order valence-corrected chi connectivity index (χ3v) is 2.94. The minimum atomic E-state index is -1.05. The first-order chi connectivity index (χ1) is 8.27. The first-order valence-corrected chi connectivity index (χ1v) is 6.14. The lowest BCUT2D eigenvalue weighted by molar-refractivity contribution is -0.128. The summed E-state index contributed by atoms with van der Waals surface area (Å²) in [6.07, 6.45) is 0. The summed E-state index contributed by atoms with van der Waals surface area (Å²) in [6.45, 7) is 10.2. The molecule has 1 atom stereocenters. The number of nitrogens with one attached hydrogen (secondary N) is 1. The fourth-order valence-electron chi connectivity index (χ4n) is 1.24. The lowest BCUT2D eigenvalue weighted by Crippen LogP contribution is -2.51. The van der Waals surface area contributed by atoms with E-state index in [0.29, 0.717) is 13.2 Å². The summed E-state index contributed by atoms with van der Waals surface area (Å²) >= 11 is 0. The molecule has 0 saturated heterocycles. The normalized spacial score (nSPS) is 14.7. The number of hydrogen-bond acceptors (Lipinski definition) is 4. The number of ether oxygens (including phenoxy) is 1. The zero-order valence-electron chi connectivity index (χ0n) is 11.9. The maximum absolute atomic E-state index is 12.1. The molecule has 18 heavy (non-hydrogen) atoms. The van der Waals surface area contributed by atoms with Crippen LogP contribution in [0.5, 0.6) is 0 Å². The quantitative estimate of drug-likeness (QED) is 0.274. The van der Waals surface area contributed by atoms with Gasteiger partial charge in [-0.05, 0) is 26.7 Å². The van der Waals surface area contributed by atoms with Gasteiger partial charge in [0.1, 0.15) is 5.41 Å². The van der Waals surface area contributed by atoms with E-state index in [-0.39, 0.29) is 23.7 Å². The molecular weight excluding hydrogens is 234 g/mol. The van der Waals surface area contributed by atoms with Gasteiger partial charge in [-0.25, -0.2) is 0 Å². The molecule has 0 fully saturated rings. The van der Waals surface area contributed by atoms with E-state index in [1.165, 1.54) is 0 Å². The van der Waals surface area contributed by atoms with Crippen molar-refractivity contribution in [2.75, 3.05) is 13.2 Å². The summed E-state index contributed by atoms with van der Waals surface area (Å²) in [5, 5.41) is 14.4. The second-order valence-corrected chi connectivity index (χ2v) is 5.09. The second kappa shape index (κ2) is 7.20. The van der Waals surface area contributed by atoms with Gasteiger partial charge in [-0.15, -0.1) is 0 Å². The average molecular weight is 259 g/mol. The van der Waals surface area contributed by atoms with Gasteiger partial charge in [-0.3, -0.25) is 4.79 Å². The standard InChI is InChI=1S/C12H25N3O3/c1-6-18-7-9(8(2)3)14-11(16)12(4,5)10(13)15-17/h8-9,17H,6-7H2,1-5H3,(H2,13,15)(H,14,16). The molecule has 6 nitrogen and oxygen atoms in total. The molecule has 0 saturated carbocycles. The van der Waals surface area contributed by atoms with E-state index in [1.54, 1.807) is 13.8 Å². The number of oxime groups is 1. The van der Waals surface area contributed by atoms with Gasteiger partial charge in [0.15, 0.2) is 5.84 Å². The van der Waals surface area contributed by atoms with Crippen molar-refractivity contribution in [3.63, 3.8) is 0 Å². The molecule has 1 amide bonds. The number of carbonyl (C=O) groups excluding carboxylic acids is 1. The molecule has 1 unspecified atom stereocenters. The average Bonchev–Trinajstić information content (AvgIpc) is 2.32. The van der Waals surface area contributed by atoms with Crippen molar-refractivity contribution in [1.82, 2.24) is 5.32 Å². The molecular formula is C12H25N3O3. The van der Waals surface area contributed by atoms with Gasteiger partial charge >= 0.3 is 0 Å². The molecule has 0 heterocycles. The minimum Gasteiger partial charge on any atom is -0.409 e. The van der Waals surface area contributed by atoms with Gasteiger partial charge in [0.25, 0.3) is 0 Å². The Morgan fingerprint density at radius 2 is 2.06 bits per heavy atom. The first kappa shape index (κ1) is 16.7. The molecule has 6 heteroatoms. The van der Waals surface area contributed by atoms with Crippen molar-refractivity contribution in [3.8, 4) is 0 Å². The Morgan fingerprint density at radius 3 is 2.44 bits per heavy atom. The first-order valence-electron chi connectivity index (χ1n) is 6.14. The number of amides is 1. The van der Waals surface area contributed by atoms with Gasteiger partial charge in [-0.2, -0.15) is 0 Å². The van der Waals surface area contributed by atoms with Gasteiger partial charge in [0, 0.05) is 6.61 Å². The monoisotopic (exact) mass is 259 g/mol. The van der Waals surface area contributed by atoms with Gasteiger partial charge < -0.3 is 21.0 Å². The van der Waals surface area contributed by atoms with Crippen LogP contribution in [0.25, 0.3) is 0 Å². The summed E-state index contributed by atoms with van der Waals surface area (Å²) in [4.78, 5) is 12.1. The third-order valence-electron chi connectivity index (χ3n) is 2.94. The van der Waals surface area contributed by atoms with Crippen molar-refractivity contribution >= 4 is 11.7 Å². The molecule has 0 bridgehead atoms. The van der Waals surface area contributed by atoms with Gasteiger partial charge in [-0.1, -0.05) is 19.0 Å². The third kappa shape index (κ3) is 4.52. The molecule has 4 N–H and O–H groups in total. The minimum absolute atomic E-state index is 0.0942. The van der Waals surface area contributed by atoms with E-state index in [9.17, 15) is 4.79 Å². The number of hydrogen-bond donors (Lipinski definition) is 3. The van der Waals surface area contributed by atoms with Crippen molar-refractivity contribution < 1.29 is 14.7 Å². The van der Waals surface area contributed by atoms with Crippen LogP contribution in [-0.4, -0.2) is 36.2 Å². The van der Waals surface area contributed by atoms with E-state index in [1.807, 2.05) is 20.8 Å². The smallest absolute Gasteiger partial charge is 0.233 e. The predicted molar refractivity (Wildman–Crippen MR) is 70.5 cm³/mol. The fourth-order valence-corrected chi connectivity index (χ4v) is 1.24. The summed E-state index contributed by atoms with van der Waals surface area (Å²) in [6, 6.07) is -0.0942. The number of rotatable bonds is 7. The molecule has 0 aliphatic carbocycles. The summed E-state index contributed by atoms with van der Waals surface area (Å²) in [5.41, 5.74) is 4.46. The largest absolute Gasteiger partial charge is 0.409 e. The highest BCUT2D eigenvalue weighted by Gasteiger charge is 2.34. The van der Waals surface area contributed by atoms with Gasteiger partial charge in [0.05, 0.1) is 12.6 Å². The number of carbonyl (C=O) groups is 1. The van der Waals surface area contributed by atoms with Crippen LogP contribution in [-0.2, 0) is 9.53 Å². The highest BCUT2D eigenvalue weighted by molar-refractivity contribution is 6.05. The van der Waals surface area contributed by atoms with Crippen molar-refractivity contribution in [1.29, 1.82) is 0 Å². The maximum Gasteiger partial charge on any atom is 0.233 e. The Labute approximate surface area is 109 Å². The van der Waals surface area contributed by atoms with E-state index < -0.39 is 5.41 Å². The van der Waals surface area contributed by atoms with E-state index >= 15 is 0 Å². The highest BCUT2D eigenvalue weighted by Crippen LogP contribution is 2.16. The molecule has 106 valence electrons. The molecule has 0 aromatic rings. The highest BCUT2D eigenvalue weighted by atomic mass is 16.5. The van der Waals surface area contributed by atoms with Crippen LogP contribution in [0.1, 0.15) is 34.6 Å². The van der Waals surface area contributed by atoms with Crippen LogP contribution in [0, 0.1) is 11.3 Å². The lowest BCUT2D eigenvalue weighted by atomic mass is 9.90. The molecule has 0 aliphatic rings. The van der Waals surface area contributed by atoms with Gasteiger partial charge in [0.2, 0.25) is 5.91 Å². The van der Waals surface area contributed by atoms with Crippen LogP contribution in [0.4, 0.5) is 0 Å².